The molecule has 7 heteroatoms. The molecule has 1 N–H and O–H groups in total. The second-order valence-corrected chi connectivity index (χ2v) is 6.91. The second kappa shape index (κ2) is 7.04. The Bertz CT molecular complexity index is 1440. The standard InChI is InChI=1S/C23H18N4O3/c1-30-19-13-7-11-17(20(19)28)21-24-25-23-26(14-15-8-3-2-4-9-15)22(29)16-10-5-6-12-18(16)27(21)23/h2-13,28H,14H2,1H3. The Morgan fingerprint density at radius 1 is 0.933 bits per heavy atom. The minimum atomic E-state index is -0.143. The summed E-state index contributed by atoms with van der Waals surface area (Å²) in [6, 6.07) is 22.2. The molecule has 0 fully saturated rings. The number of phenolic OH excluding ortho intramolecular Hbond substituents is 1. The number of fused-ring (bicyclic) bond motifs is 3. The first-order chi connectivity index (χ1) is 14.7. The number of rotatable bonds is 4. The summed E-state index contributed by atoms with van der Waals surface area (Å²) >= 11 is 0. The molecule has 0 saturated carbocycles. The number of aromatic hydroxyl groups is 1. The van der Waals surface area contributed by atoms with Gasteiger partial charge < -0.3 is 9.84 Å². The van der Waals surface area contributed by atoms with Crippen LogP contribution in [0.1, 0.15) is 5.56 Å². The predicted octanol–water partition coefficient (Wildman–Crippen LogP) is 3.47. The zero-order chi connectivity index (χ0) is 20.7. The van der Waals surface area contributed by atoms with Gasteiger partial charge in [0.2, 0.25) is 5.78 Å². The molecular weight excluding hydrogens is 380 g/mol. The maximum absolute atomic E-state index is 13.3. The van der Waals surface area contributed by atoms with Crippen molar-refractivity contribution in [2.24, 2.45) is 0 Å². The molecule has 0 spiro atoms. The molecule has 0 aliphatic carbocycles. The zero-order valence-corrected chi connectivity index (χ0v) is 16.2. The number of phenols is 1. The normalized spacial score (nSPS) is 11.2. The first-order valence-corrected chi connectivity index (χ1v) is 9.46. The lowest BCUT2D eigenvalue weighted by atomic mass is 10.1. The van der Waals surface area contributed by atoms with Gasteiger partial charge in [-0.25, -0.2) is 0 Å². The van der Waals surface area contributed by atoms with Crippen molar-refractivity contribution in [2.75, 3.05) is 7.11 Å². The number of benzene rings is 3. The van der Waals surface area contributed by atoms with Crippen LogP contribution in [0.5, 0.6) is 11.5 Å². The Morgan fingerprint density at radius 3 is 2.50 bits per heavy atom. The third-order valence-electron chi connectivity index (χ3n) is 5.15. The predicted molar refractivity (Wildman–Crippen MR) is 114 cm³/mol. The lowest BCUT2D eigenvalue weighted by Gasteiger charge is -2.12. The summed E-state index contributed by atoms with van der Waals surface area (Å²) in [5.74, 6) is 1.14. The maximum atomic E-state index is 13.3. The summed E-state index contributed by atoms with van der Waals surface area (Å²) in [6.07, 6.45) is 0. The van der Waals surface area contributed by atoms with Crippen LogP contribution in [0.2, 0.25) is 0 Å². The minimum absolute atomic E-state index is 0.0285. The van der Waals surface area contributed by atoms with E-state index in [0.29, 0.717) is 40.4 Å². The molecule has 0 bridgehead atoms. The van der Waals surface area contributed by atoms with E-state index in [1.807, 2.05) is 48.5 Å². The van der Waals surface area contributed by atoms with Crippen molar-refractivity contribution in [3.63, 3.8) is 0 Å². The molecule has 0 amide bonds. The third kappa shape index (κ3) is 2.71. The van der Waals surface area contributed by atoms with Crippen LogP contribution in [0.15, 0.2) is 77.6 Å². The Morgan fingerprint density at radius 2 is 1.70 bits per heavy atom. The van der Waals surface area contributed by atoms with Gasteiger partial charge in [0, 0.05) is 0 Å². The molecule has 5 aromatic rings. The van der Waals surface area contributed by atoms with Gasteiger partial charge in [-0.05, 0) is 29.8 Å². The molecule has 3 aromatic carbocycles. The first kappa shape index (κ1) is 17.9. The van der Waals surface area contributed by atoms with Crippen LogP contribution in [0.25, 0.3) is 28.1 Å². The van der Waals surface area contributed by atoms with Crippen LogP contribution in [0.3, 0.4) is 0 Å². The molecular formula is C23H18N4O3. The Balaban J connectivity index is 1.85. The largest absolute Gasteiger partial charge is 0.504 e. The van der Waals surface area contributed by atoms with Crippen molar-refractivity contribution in [2.45, 2.75) is 6.54 Å². The lowest BCUT2D eigenvalue weighted by Crippen LogP contribution is -2.24. The van der Waals surface area contributed by atoms with E-state index in [9.17, 15) is 9.90 Å². The molecule has 148 valence electrons. The number of methoxy groups -OCH3 is 1. The Hall–Kier alpha value is -4.13. The number of ether oxygens (including phenoxy) is 1. The van der Waals surface area contributed by atoms with Crippen LogP contribution in [-0.4, -0.2) is 31.4 Å². The van der Waals surface area contributed by atoms with E-state index in [1.165, 1.54) is 7.11 Å². The number of aromatic nitrogens is 4. The quantitative estimate of drug-likeness (QED) is 0.501. The van der Waals surface area contributed by atoms with Crippen LogP contribution in [-0.2, 0) is 6.54 Å². The maximum Gasteiger partial charge on any atom is 0.263 e. The van der Waals surface area contributed by atoms with Crippen molar-refractivity contribution in [3.05, 3.63) is 88.7 Å². The summed E-state index contributed by atoms with van der Waals surface area (Å²) in [6.45, 7) is 0.357. The van der Waals surface area contributed by atoms with Gasteiger partial charge in [0.1, 0.15) is 0 Å². The highest BCUT2D eigenvalue weighted by Gasteiger charge is 2.20. The van der Waals surface area contributed by atoms with E-state index < -0.39 is 0 Å². The topological polar surface area (TPSA) is 81.7 Å². The van der Waals surface area contributed by atoms with Gasteiger partial charge in [-0.1, -0.05) is 48.5 Å². The van der Waals surface area contributed by atoms with E-state index >= 15 is 0 Å². The van der Waals surface area contributed by atoms with Gasteiger partial charge in [0.15, 0.2) is 17.3 Å². The Labute approximate surface area is 171 Å². The van der Waals surface area contributed by atoms with Crippen molar-refractivity contribution in [1.82, 2.24) is 19.2 Å². The molecule has 7 nitrogen and oxygen atoms in total. The molecule has 5 rings (SSSR count). The Kier molecular flexibility index (Phi) is 4.21. The number of hydrogen-bond donors (Lipinski definition) is 1. The zero-order valence-electron chi connectivity index (χ0n) is 16.2. The fraction of sp³-hybridized carbons (Fsp3) is 0.0870. The van der Waals surface area contributed by atoms with Crippen molar-refractivity contribution < 1.29 is 9.84 Å². The van der Waals surface area contributed by atoms with E-state index in [-0.39, 0.29) is 11.3 Å². The van der Waals surface area contributed by atoms with E-state index in [4.69, 9.17) is 4.74 Å². The number of para-hydroxylation sites is 2. The van der Waals surface area contributed by atoms with Gasteiger partial charge in [0.25, 0.3) is 5.56 Å². The molecule has 2 aromatic heterocycles. The summed E-state index contributed by atoms with van der Waals surface area (Å²) in [4.78, 5) is 13.3. The molecule has 0 saturated heterocycles. The summed E-state index contributed by atoms with van der Waals surface area (Å²) < 4.78 is 8.64. The summed E-state index contributed by atoms with van der Waals surface area (Å²) in [7, 11) is 1.49. The highest BCUT2D eigenvalue weighted by Crippen LogP contribution is 2.36. The van der Waals surface area contributed by atoms with E-state index in [0.717, 1.165) is 5.56 Å². The van der Waals surface area contributed by atoms with E-state index in [1.54, 1.807) is 33.2 Å². The van der Waals surface area contributed by atoms with Crippen LogP contribution < -0.4 is 10.3 Å². The van der Waals surface area contributed by atoms with Crippen molar-refractivity contribution in [1.29, 1.82) is 0 Å². The highest BCUT2D eigenvalue weighted by molar-refractivity contribution is 5.83. The smallest absolute Gasteiger partial charge is 0.263 e. The first-order valence-electron chi connectivity index (χ1n) is 9.46. The summed E-state index contributed by atoms with van der Waals surface area (Å²) in [5.41, 5.74) is 1.97. The molecule has 2 heterocycles. The molecule has 30 heavy (non-hydrogen) atoms. The number of nitrogens with zero attached hydrogens (tertiary/aromatic N) is 4. The van der Waals surface area contributed by atoms with Crippen molar-refractivity contribution in [3.8, 4) is 22.9 Å². The van der Waals surface area contributed by atoms with Gasteiger partial charge in [0.05, 0.1) is 30.1 Å². The van der Waals surface area contributed by atoms with Crippen molar-refractivity contribution >= 4 is 16.7 Å². The lowest BCUT2D eigenvalue weighted by molar-refractivity contribution is 0.374. The fourth-order valence-electron chi connectivity index (χ4n) is 3.71. The van der Waals surface area contributed by atoms with E-state index in [2.05, 4.69) is 10.2 Å². The molecule has 0 atom stereocenters. The fourth-order valence-corrected chi connectivity index (χ4v) is 3.71. The number of hydrogen-bond acceptors (Lipinski definition) is 5. The monoisotopic (exact) mass is 398 g/mol. The van der Waals surface area contributed by atoms with Gasteiger partial charge in [-0.3, -0.25) is 13.8 Å². The van der Waals surface area contributed by atoms with Gasteiger partial charge >= 0.3 is 0 Å². The van der Waals surface area contributed by atoms with Crippen LogP contribution in [0, 0.1) is 0 Å². The molecule has 0 aliphatic rings. The minimum Gasteiger partial charge on any atom is -0.504 e. The van der Waals surface area contributed by atoms with Gasteiger partial charge in [-0.15, -0.1) is 10.2 Å². The van der Waals surface area contributed by atoms with Crippen LogP contribution >= 0.6 is 0 Å². The molecule has 0 radical (unpaired) electrons. The SMILES string of the molecule is COc1cccc(-c2nnc3n(Cc4ccccc4)c(=O)c4ccccc4n23)c1O. The molecule has 0 aliphatic heterocycles. The second-order valence-electron chi connectivity index (χ2n) is 6.91. The summed E-state index contributed by atoms with van der Waals surface area (Å²) in [5, 5.41) is 19.9. The average molecular weight is 398 g/mol. The average Bonchev–Trinajstić information content (AvgIpc) is 3.22. The third-order valence-corrected chi connectivity index (χ3v) is 5.15. The van der Waals surface area contributed by atoms with Crippen LogP contribution in [0.4, 0.5) is 0 Å². The molecule has 0 unspecified atom stereocenters. The highest BCUT2D eigenvalue weighted by atomic mass is 16.5. The van der Waals surface area contributed by atoms with Gasteiger partial charge in [-0.2, -0.15) is 0 Å².